The number of ether oxygens (including phenoxy) is 1. The van der Waals surface area contributed by atoms with E-state index in [1.54, 1.807) is 0 Å². The van der Waals surface area contributed by atoms with Crippen molar-refractivity contribution in [1.29, 1.82) is 0 Å². The zero-order chi connectivity index (χ0) is 16.9. The van der Waals surface area contributed by atoms with Gasteiger partial charge in [0.05, 0.1) is 0 Å². The highest BCUT2D eigenvalue weighted by atomic mass is 16.5. The molecule has 24 heavy (non-hydrogen) atoms. The summed E-state index contributed by atoms with van der Waals surface area (Å²) in [5, 5.41) is 0. The first-order chi connectivity index (χ1) is 11.7. The standard InChI is InChI=1S/C22H20O2/c1-16-12-19(13-17(2)21(16)14-23)20-10-6-7-11-22(20)24-15-18-8-4-3-5-9-18/h3-14H,15H2,1-2H3. The van der Waals surface area contributed by atoms with E-state index < -0.39 is 0 Å². The minimum Gasteiger partial charge on any atom is -0.488 e. The first kappa shape index (κ1) is 16.0. The molecule has 0 bridgehead atoms. The van der Waals surface area contributed by atoms with Gasteiger partial charge in [-0.1, -0.05) is 60.7 Å². The van der Waals surface area contributed by atoms with Crippen molar-refractivity contribution in [1.82, 2.24) is 0 Å². The maximum Gasteiger partial charge on any atom is 0.150 e. The lowest BCUT2D eigenvalue weighted by Crippen LogP contribution is -1.98. The van der Waals surface area contributed by atoms with Gasteiger partial charge in [0.15, 0.2) is 6.29 Å². The van der Waals surface area contributed by atoms with Crippen LogP contribution >= 0.6 is 0 Å². The average molecular weight is 316 g/mol. The molecular weight excluding hydrogens is 296 g/mol. The van der Waals surface area contributed by atoms with E-state index in [1.165, 1.54) is 0 Å². The van der Waals surface area contributed by atoms with E-state index in [0.29, 0.717) is 6.61 Å². The third kappa shape index (κ3) is 3.38. The third-order valence-electron chi connectivity index (χ3n) is 4.15. The van der Waals surface area contributed by atoms with E-state index in [1.807, 2.05) is 62.4 Å². The lowest BCUT2D eigenvalue weighted by Gasteiger charge is -2.14. The maximum absolute atomic E-state index is 11.2. The predicted octanol–water partition coefficient (Wildman–Crippen LogP) is 5.36. The number of aldehydes is 1. The molecule has 0 amide bonds. The number of carbonyl (C=O) groups excluding carboxylic acids is 1. The van der Waals surface area contributed by atoms with Crippen LogP contribution in [0.3, 0.4) is 0 Å². The van der Waals surface area contributed by atoms with Crippen molar-refractivity contribution in [3.05, 3.63) is 89.0 Å². The zero-order valence-electron chi connectivity index (χ0n) is 14.0. The highest BCUT2D eigenvalue weighted by Gasteiger charge is 2.10. The molecule has 3 aromatic rings. The van der Waals surface area contributed by atoms with Crippen LogP contribution in [0.25, 0.3) is 11.1 Å². The van der Waals surface area contributed by atoms with Crippen LogP contribution in [-0.2, 0) is 6.61 Å². The number of hydrogen-bond donors (Lipinski definition) is 0. The molecule has 0 aliphatic carbocycles. The molecule has 0 aliphatic rings. The summed E-state index contributed by atoms with van der Waals surface area (Å²) in [5.41, 5.74) is 5.98. The van der Waals surface area contributed by atoms with Crippen molar-refractivity contribution in [3.8, 4) is 16.9 Å². The fraction of sp³-hybridized carbons (Fsp3) is 0.136. The Balaban J connectivity index is 1.93. The molecule has 0 saturated carbocycles. The molecule has 0 radical (unpaired) electrons. The molecular formula is C22H20O2. The van der Waals surface area contributed by atoms with Gasteiger partial charge in [-0.25, -0.2) is 0 Å². The lowest BCUT2D eigenvalue weighted by molar-refractivity contribution is 0.112. The number of aryl methyl sites for hydroxylation is 2. The Bertz CT molecular complexity index is 828. The molecule has 0 aromatic heterocycles. The van der Waals surface area contributed by atoms with Gasteiger partial charge in [-0.3, -0.25) is 4.79 Å². The molecule has 0 spiro atoms. The second-order valence-corrected chi connectivity index (χ2v) is 5.91. The van der Waals surface area contributed by atoms with Crippen LogP contribution in [0.15, 0.2) is 66.7 Å². The van der Waals surface area contributed by atoms with Crippen LogP contribution in [0.1, 0.15) is 27.0 Å². The van der Waals surface area contributed by atoms with E-state index in [-0.39, 0.29) is 0 Å². The van der Waals surface area contributed by atoms with E-state index in [4.69, 9.17) is 4.74 Å². The van der Waals surface area contributed by atoms with E-state index >= 15 is 0 Å². The minimum atomic E-state index is 0.530. The molecule has 0 atom stereocenters. The Morgan fingerprint density at radius 2 is 1.50 bits per heavy atom. The summed E-state index contributed by atoms with van der Waals surface area (Å²) < 4.78 is 6.04. The molecule has 2 nitrogen and oxygen atoms in total. The number of rotatable bonds is 5. The Morgan fingerprint density at radius 3 is 2.17 bits per heavy atom. The van der Waals surface area contributed by atoms with Gasteiger partial charge in [0, 0.05) is 11.1 Å². The van der Waals surface area contributed by atoms with Gasteiger partial charge < -0.3 is 4.74 Å². The fourth-order valence-corrected chi connectivity index (χ4v) is 2.88. The largest absolute Gasteiger partial charge is 0.488 e. The van der Waals surface area contributed by atoms with E-state index in [9.17, 15) is 4.79 Å². The van der Waals surface area contributed by atoms with Gasteiger partial charge in [0.2, 0.25) is 0 Å². The fourth-order valence-electron chi connectivity index (χ4n) is 2.88. The Morgan fingerprint density at radius 1 is 0.875 bits per heavy atom. The van der Waals surface area contributed by atoms with E-state index in [0.717, 1.165) is 45.4 Å². The zero-order valence-corrected chi connectivity index (χ0v) is 14.0. The van der Waals surface area contributed by atoms with Crippen LogP contribution in [-0.4, -0.2) is 6.29 Å². The van der Waals surface area contributed by atoms with Gasteiger partial charge in [-0.15, -0.1) is 0 Å². The quantitative estimate of drug-likeness (QED) is 0.592. The molecule has 0 unspecified atom stereocenters. The smallest absolute Gasteiger partial charge is 0.150 e. The normalized spacial score (nSPS) is 10.4. The van der Waals surface area contributed by atoms with Crippen LogP contribution in [0.4, 0.5) is 0 Å². The van der Waals surface area contributed by atoms with Crippen LogP contribution in [0.2, 0.25) is 0 Å². The van der Waals surface area contributed by atoms with Crippen molar-refractivity contribution < 1.29 is 9.53 Å². The molecule has 0 N–H and O–H groups in total. The Labute approximate surface area is 142 Å². The monoisotopic (exact) mass is 316 g/mol. The van der Waals surface area contributed by atoms with Crippen LogP contribution in [0.5, 0.6) is 5.75 Å². The van der Waals surface area contributed by atoms with Gasteiger partial charge >= 0.3 is 0 Å². The molecule has 0 heterocycles. The van der Waals surface area contributed by atoms with Crippen molar-refractivity contribution >= 4 is 6.29 Å². The second kappa shape index (κ2) is 7.14. The summed E-state index contributed by atoms with van der Waals surface area (Å²) in [7, 11) is 0. The SMILES string of the molecule is Cc1cc(-c2ccccc2OCc2ccccc2)cc(C)c1C=O. The predicted molar refractivity (Wildman–Crippen MR) is 97.5 cm³/mol. The molecule has 3 aromatic carbocycles. The molecule has 0 aliphatic heterocycles. The van der Waals surface area contributed by atoms with Gasteiger partial charge in [-0.2, -0.15) is 0 Å². The number of carbonyl (C=O) groups is 1. The highest BCUT2D eigenvalue weighted by Crippen LogP contribution is 2.32. The summed E-state index contributed by atoms with van der Waals surface area (Å²) in [4.78, 5) is 11.2. The summed E-state index contributed by atoms with van der Waals surface area (Å²) in [6.07, 6.45) is 0.923. The van der Waals surface area contributed by atoms with Gasteiger partial charge in [0.1, 0.15) is 12.4 Å². The molecule has 0 saturated heterocycles. The average Bonchev–Trinajstić information content (AvgIpc) is 2.61. The van der Waals surface area contributed by atoms with Crippen LogP contribution in [0, 0.1) is 13.8 Å². The first-order valence-electron chi connectivity index (χ1n) is 8.01. The summed E-state index contributed by atoms with van der Waals surface area (Å²) in [5.74, 6) is 0.846. The minimum absolute atomic E-state index is 0.530. The third-order valence-corrected chi connectivity index (χ3v) is 4.15. The number of hydrogen-bond acceptors (Lipinski definition) is 2. The Kier molecular flexibility index (Phi) is 4.76. The Hall–Kier alpha value is -2.87. The lowest BCUT2D eigenvalue weighted by atomic mass is 9.96. The van der Waals surface area contributed by atoms with Crippen molar-refractivity contribution in [2.75, 3.05) is 0 Å². The summed E-state index contributed by atoms with van der Waals surface area (Å²) >= 11 is 0. The highest BCUT2D eigenvalue weighted by molar-refractivity contribution is 5.83. The molecule has 3 rings (SSSR count). The van der Waals surface area contributed by atoms with Gasteiger partial charge in [0.25, 0.3) is 0 Å². The first-order valence-corrected chi connectivity index (χ1v) is 8.01. The van der Waals surface area contributed by atoms with E-state index in [2.05, 4.69) is 18.2 Å². The van der Waals surface area contributed by atoms with Crippen LogP contribution < -0.4 is 4.74 Å². The molecule has 2 heteroatoms. The molecule has 0 fully saturated rings. The van der Waals surface area contributed by atoms with Crippen molar-refractivity contribution in [2.24, 2.45) is 0 Å². The van der Waals surface area contributed by atoms with Gasteiger partial charge in [-0.05, 0) is 42.2 Å². The molecule has 120 valence electrons. The number of benzene rings is 3. The summed E-state index contributed by atoms with van der Waals surface area (Å²) in [6.45, 7) is 4.46. The number of para-hydroxylation sites is 1. The summed E-state index contributed by atoms with van der Waals surface area (Å²) in [6, 6.07) is 22.2. The van der Waals surface area contributed by atoms with Crippen molar-refractivity contribution in [3.63, 3.8) is 0 Å². The second-order valence-electron chi connectivity index (χ2n) is 5.91. The maximum atomic E-state index is 11.2. The topological polar surface area (TPSA) is 26.3 Å². The van der Waals surface area contributed by atoms with Crippen molar-refractivity contribution in [2.45, 2.75) is 20.5 Å².